The van der Waals surface area contributed by atoms with Crippen LogP contribution < -0.4 is 10.2 Å². The molecule has 2 aromatic rings. The van der Waals surface area contributed by atoms with E-state index in [0.717, 1.165) is 5.01 Å². The molecule has 3 rings (SSSR count). The van der Waals surface area contributed by atoms with Crippen molar-refractivity contribution in [3.8, 4) is 0 Å². The molecule has 0 atom stereocenters. The van der Waals surface area contributed by atoms with Crippen LogP contribution in [0.4, 0.5) is 10.8 Å². The third-order valence-electron chi connectivity index (χ3n) is 4.65. The molecule has 1 N–H and O–H groups in total. The van der Waals surface area contributed by atoms with Crippen molar-refractivity contribution in [2.75, 3.05) is 49.6 Å². The number of benzene rings is 1. The highest BCUT2D eigenvalue weighted by atomic mass is 32.2. The van der Waals surface area contributed by atoms with Gasteiger partial charge in [0, 0.05) is 31.9 Å². The van der Waals surface area contributed by atoms with Crippen LogP contribution in [0, 0.1) is 6.92 Å². The number of nitrogens with one attached hydrogen (secondary N) is 1. The second kappa shape index (κ2) is 9.16. The van der Waals surface area contributed by atoms with Crippen molar-refractivity contribution >= 4 is 38.1 Å². The molecule has 11 heteroatoms. The lowest BCUT2D eigenvalue weighted by atomic mass is 10.1. The average Bonchev–Trinajstić information content (AvgIpc) is 3.13. The summed E-state index contributed by atoms with van der Waals surface area (Å²) in [5.74, 6) is -0.417. The van der Waals surface area contributed by atoms with E-state index >= 15 is 0 Å². The molecular formula is C18H25N5O4S2. The third-order valence-corrected chi connectivity index (χ3v) is 7.45. The van der Waals surface area contributed by atoms with Crippen molar-refractivity contribution in [3.05, 3.63) is 28.8 Å². The normalized spacial score (nSPS) is 15.0. The van der Waals surface area contributed by atoms with E-state index in [1.807, 2.05) is 4.90 Å². The van der Waals surface area contributed by atoms with Crippen LogP contribution in [0.2, 0.25) is 0 Å². The van der Waals surface area contributed by atoms with Crippen LogP contribution in [0.25, 0.3) is 0 Å². The number of aromatic nitrogens is 2. The molecule has 9 nitrogen and oxygen atoms in total. The van der Waals surface area contributed by atoms with Gasteiger partial charge in [-0.2, -0.15) is 4.31 Å². The molecular weight excluding hydrogens is 414 g/mol. The highest BCUT2D eigenvalue weighted by Crippen LogP contribution is 2.28. The summed E-state index contributed by atoms with van der Waals surface area (Å²) in [6.07, 6.45) is 0. The number of carbonyl (C=O) groups is 1. The van der Waals surface area contributed by atoms with Gasteiger partial charge >= 0.3 is 0 Å². The fourth-order valence-corrected chi connectivity index (χ4v) is 5.23. The number of ether oxygens (including phenoxy) is 1. The summed E-state index contributed by atoms with van der Waals surface area (Å²) in [5, 5.41) is 11.7. The zero-order valence-corrected chi connectivity index (χ0v) is 18.3. The van der Waals surface area contributed by atoms with Crippen LogP contribution >= 0.6 is 11.3 Å². The van der Waals surface area contributed by atoms with E-state index in [-0.39, 0.29) is 10.5 Å². The fraction of sp³-hybridized carbons (Fsp3) is 0.500. The van der Waals surface area contributed by atoms with Crippen LogP contribution in [-0.4, -0.2) is 68.2 Å². The predicted molar refractivity (Wildman–Crippen MR) is 112 cm³/mol. The molecule has 0 radical (unpaired) electrons. The van der Waals surface area contributed by atoms with E-state index in [4.69, 9.17) is 4.74 Å². The minimum Gasteiger partial charge on any atom is -0.378 e. The summed E-state index contributed by atoms with van der Waals surface area (Å²) in [5.41, 5.74) is 0.957. The Kier molecular flexibility index (Phi) is 6.83. The molecule has 0 aliphatic carbocycles. The summed E-state index contributed by atoms with van der Waals surface area (Å²) in [7, 11) is -3.69. The zero-order chi connectivity index (χ0) is 21.0. The first-order valence-corrected chi connectivity index (χ1v) is 11.7. The molecule has 1 aromatic heterocycles. The zero-order valence-electron chi connectivity index (χ0n) is 16.7. The predicted octanol–water partition coefficient (Wildman–Crippen LogP) is 1.97. The summed E-state index contributed by atoms with van der Waals surface area (Å²) >= 11 is 1.26. The SMILES string of the molecule is CCN(CC)S(=O)(=O)c1ccc(N2CCOCC2)c(C(=O)Nc2nnc(C)s2)c1. The van der Waals surface area contributed by atoms with Gasteiger partial charge in [-0.15, -0.1) is 10.2 Å². The van der Waals surface area contributed by atoms with Crippen LogP contribution in [-0.2, 0) is 14.8 Å². The van der Waals surface area contributed by atoms with E-state index < -0.39 is 15.9 Å². The van der Waals surface area contributed by atoms with Gasteiger partial charge in [-0.3, -0.25) is 10.1 Å². The molecule has 0 unspecified atom stereocenters. The highest BCUT2D eigenvalue weighted by Gasteiger charge is 2.26. The smallest absolute Gasteiger partial charge is 0.259 e. The van der Waals surface area contributed by atoms with Gasteiger partial charge in [-0.25, -0.2) is 8.42 Å². The monoisotopic (exact) mass is 439 g/mol. The molecule has 0 spiro atoms. The second-order valence-electron chi connectivity index (χ2n) is 6.45. The largest absolute Gasteiger partial charge is 0.378 e. The molecule has 0 saturated carbocycles. The Balaban J connectivity index is 2.02. The Bertz CT molecular complexity index is 966. The highest BCUT2D eigenvalue weighted by molar-refractivity contribution is 7.89. The van der Waals surface area contributed by atoms with E-state index in [0.29, 0.717) is 50.2 Å². The number of morpholine rings is 1. The first kappa shape index (κ1) is 21.6. The minimum absolute atomic E-state index is 0.0943. The van der Waals surface area contributed by atoms with Crippen molar-refractivity contribution < 1.29 is 17.9 Å². The van der Waals surface area contributed by atoms with Crippen LogP contribution in [0.3, 0.4) is 0 Å². The summed E-state index contributed by atoms with van der Waals surface area (Å²) in [6, 6.07) is 4.70. The summed E-state index contributed by atoms with van der Waals surface area (Å²) < 4.78 is 32.7. The topological polar surface area (TPSA) is 105 Å². The molecule has 158 valence electrons. The quantitative estimate of drug-likeness (QED) is 0.703. The van der Waals surface area contributed by atoms with Crippen molar-refractivity contribution in [1.82, 2.24) is 14.5 Å². The lowest BCUT2D eigenvalue weighted by Gasteiger charge is -2.30. The van der Waals surface area contributed by atoms with Crippen LogP contribution in [0.5, 0.6) is 0 Å². The molecule has 1 aromatic carbocycles. The maximum atomic E-state index is 13.0. The van der Waals surface area contributed by atoms with Crippen LogP contribution in [0.1, 0.15) is 29.2 Å². The standard InChI is InChI=1S/C18H25N5O4S2/c1-4-23(5-2)29(25,26)14-6-7-16(22-8-10-27-11-9-22)15(12-14)17(24)19-18-21-20-13(3)28-18/h6-7,12H,4-5,8-11H2,1-3H3,(H,19,21,24). The number of anilines is 2. The lowest BCUT2D eigenvalue weighted by Crippen LogP contribution is -2.37. The molecule has 0 bridgehead atoms. The number of rotatable bonds is 7. The fourth-order valence-electron chi connectivity index (χ4n) is 3.16. The average molecular weight is 440 g/mol. The number of amides is 1. The van der Waals surface area contributed by atoms with Gasteiger partial charge in [-0.05, 0) is 25.1 Å². The van der Waals surface area contributed by atoms with Gasteiger partial charge in [0.2, 0.25) is 15.2 Å². The van der Waals surface area contributed by atoms with Gasteiger partial charge in [0.1, 0.15) is 5.01 Å². The Hall–Kier alpha value is -2.08. The molecule has 2 heterocycles. The van der Waals surface area contributed by atoms with E-state index in [9.17, 15) is 13.2 Å². The van der Waals surface area contributed by atoms with Gasteiger partial charge in [-0.1, -0.05) is 25.2 Å². The first-order chi connectivity index (χ1) is 13.9. The summed E-state index contributed by atoms with van der Waals surface area (Å²) in [6.45, 7) is 8.44. The number of hydrogen-bond acceptors (Lipinski definition) is 8. The van der Waals surface area contributed by atoms with Crippen molar-refractivity contribution in [2.45, 2.75) is 25.7 Å². The lowest BCUT2D eigenvalue weighted by molar-refractivity contribution is 0.102. The number of nitrogens with zero attached hydrogens (tertiary/aromatic N) is 4. The maximum Gasteiger partial charge on any atom is 0.259 e. The number of carbonyl (C=O) groups excluding carboxylic acids is 1. The van der Waals surface area contributed by atoms with Gasteiger partial charge < -0.3 is 9.64 Å². The van der Waals surface area contributed by atoms with Crippen molar-refractivity contribution in [3.63, 3.8) is 0 Å². The van der Waals surface area contributed by atoms with E-state index in [1.165, 1.54) is 21.7 Å². The number of sulfonamides is 1. The Morgan fingerprint density at radius 2 is 1.93 bits per heavy atom. The van der Waals surface area contributed by atoms with Crippen molar-refractivity contribution in [2.24, 2.45) is 0 Å². The minimum atomic E-state index is -3.69. The summed E-state index contributed by atoms with van der Waals surface area (Å²) in [4.78, 5) is 15.2. The van der Waals surface area contributed by atoms with Crippen molar-refractivity contribution in [1.29, 1.82) is 0 Å². The van der Waals surface area contributed by atoms with E-state index in [2.05, 4.69) is 15.5 Å². The molecule has 1 amide bonds. The maximum absolute atomic E-state index is 13.0. The van der Waals surface area contributed by atoms with E-state index in [1.54, 1.807) is 32.9 Å². The number of hydrogen-bond donors (Lipinski definition) is 1. The third kappa shape index (κ3) is 4.74. The van der Waals surface area contributed by atoms with Crippen LogP contribution in [0.15, 0.2) is 23.1 Å². The Labute approximate surface area is 174 Å². The molecule has 29 heavy (non-hydrogen) atoms. The van der Waals surface area contributed by atoms with Gasteiger partial charge in [0.25, 0.3) is 5.91 Å². The van der Waals surface area contributed by atoms with Gasteiger partial charge in [0.15, 0.2) is 0 Å². The Morgan fingerprint density at radius 1 is 1.24 bits per heavy atom. The second-order valence-corrected chi connectivity index (χ2v) is 9.57. The van der Waals surface area contributed by atoms with Gasteiger partial charge in [0.05, 0.1) is 23.7 Å². The molecule has 1 aliphatic rings. The molecule has 1 fully saturated rings. The Morgan fingerprint density at radius 3 is 2.52 bits per heavy atom. The molecule has 1 saturated heterocycles. The number of aryl methyl sites for hydroxylation is 1. The molecule has 1 aliphatic heterocycles. The first-order valence-electron chi connectivity index (χ1n) is 9.45.